The maximum Gasteiger partial charge on any atom is 0.113 e. The van der Waals surface area contributed by atoms with E-state index in [4.69, 9.17) is 5.73 Å². The maximum absolute atomic E-state index is 6.38. The van der Waals surface area contributed by atoms with Crippen LogP contribution in [0.1, 0.15) is 30.7 Å². The lowest BCUT2D eigenvalue weighted by molar-refractivity contribution is 0.459. The van der Waals surface area contributed by atoms with E-state index in [0.717, 1.165) is 29.2 Å². The van der Waals surface area contributed by atoms with Gasteiger partial charge in [-0.3, -0.25) is 9.97 Å². The molecule has 2 aromatic rings. The summed E-state index contributed by atoms with van der Waals surface area (Å²) in [4.78, 5) is 12.9. The number of hydrogen-bond acceptors (Lipinski definition) is 5. The van der Waals surface area contributed by atoms with Crippen molar-refractivity contribution < 1.29 is 0 Å². The molecular formula is C12H15ClN4S. The predicted molar refractivity (Wildman–Crippen MR) is 74.7 cm³/mol. The fourth-order valence-electron chi connectivity index (χ4n) is 2.27. The van der Waals surface area contributed by atoms with Crippen molar-refractivity contribution in [2.45, 2.75) is 31.2 Å². The Morgan fingerprint density at radius 1 is 1.17 bits per heavy atom. The van der Waals surface area contributed by atoms with Gasteiger partial charge in [0.05, 0.1) is 11.7 Å². The van der Waals surface area contributed by atoms with Crippen LogP contribution in [0.5, 0.6) is 0 Å². The predicted octanol–water partition coefficient (Wildman–Crippen LogP) is 2.75. The summed E-state index contributed by atoms with van der Waals surface area (Å²) in [6.07, 6.45) is 9.57. The van der Waals surface area contributed by atoms with Crippen LogP contribution < -0.4 is 5.73 Å². The Hall–Kier alpha value is -1.04. The van der Waals surface area contributed by atoms with Gasteiger partial charge in [0.1, 0.15) is 16.4 Å². The fourth-order valence-corrected chi connectivity index (χ4v) is 3.26. The summed E-state index contributed by atoms with van der Waals surface area (Å²) in [5, 5.41) is 3.06. The number of nitrogens with two attached hydrogens (primary N) is 1. The van der Waals surface area contributed by atoms with Crippen LogP contribution in [0.25, 0.3) is 11.4 Å². The Morgan fingerprint density at radius 2 is 1.94 bits per heavy atom. The van der Waals surface area contributed by atoms with Gasteiger partial charge in [0.15, 0.2) is 0 Å². The van der Waals surface area contributed by atoms with Gasteiger partial charge < -0.3 is 5.73 Å². The minimum absolute atomic E-state index is 0. The molecule has 0 unspecified atom stereocenters. The third kappa shape index (κ3) is 2.39. The molecule has 3 rings (SSSR count). The molecule has 1 fully saturated rings. The van der Waals surface area contributed by atoms with Gasteiger partial charge in [-0.2, -0.15) is 0 Å². The molecule has 2 aromatic heterocycles. The molecule has 96 valence electrons. The average Bonchev–Trinajstić information content (AvgIpc) is 2.99. The van der Waals surface area contributed by atoms with Gasteiger partial charge in [0.2, 0.25) is 0 Å². The Bertz CT molecular complexity index is 508. The second-order valence-electron chi connectivity index (χ2n) is 4.49. The number of aromatic nitrogens is 3. The van der Waals surface area contributed by atoms with Crippen LogP contribution in [0, 0.1) is 0 Å². The van der Waals surface area contributed by atoms with Crippen molar-refractivity contribution in [3.8, 4) is 11.4 Å². The zero-order chi connectivity index (χ0) is 11.7. The average molecular weight is 283 g/mol. The SMILES string of the molecule is Cl.NC1(c2nc(-c3cnccn3)cs2)CCCC1. The highest BCUT2D eigenvalue weighted by atomic mass is 35.5. The molecule has 0 saturated heterocycles. The van der Waals surface area contributed by atoms with Crippen LogP contribution in [0.15, 0.2) is 24.0 Å². The molecule has 2 heterocycles. The topological polar surface area (TPSA) is 64.7 Å². The number of nitrogens with zero attached hydrogens (tertiary/aromatic N) is 3. The smallest absolute Gasteiger partial charge is 0.113 e. The lowest BCUT2D eigenvalue weighted by Gasteiger charge is -2.19. The van der Waals surface area contributed by atoms with E-state index in [1.54, 1.807) is 29.9 Å². The monoisotopic (exact) mass is 282 g/mol. The summed E-state index contributed by atoms with van der Waals surface area (Å²) < 4.78 is 0. The van der Waals surface area contributed by atoms with Crippen molar-refractivity contribution in [3.63, 3.8) is 0 Å². The van der Waals surface area contributed by atoms with Crippen molar-refractivity contribution in [1.82, 2.24) is 15.0 Å². The first-order valence-corrected chi connectivity index (χ1v) is 6.67. The van der Waals surface area contributed by atoms with Crippen molar-refractivity contribution in [1.29, 1.82) is 0 Å². The number of thiazole rings is 1. The summed E-state index contributed by atoms with van der Waals surface area (Å²) in [7, 11) is 0. The first-order valence-electron chi connectivity index (χ1n) is 5.79. The molecule has 0 aliphatic heterocycles. The minimum atomic E-state index is -0.203. The van der Waals surface area contributed by atoms with E-state index in [2.05, 4.69) is 15.0 Å². The lowest BCUT2D eigenvalue weighted by Crippen LogP contribution is -2.32. The standard InChI is InChI=1S/C12H14N4S.ClH/c13-12(3-1-2-4-12)11-16-10(8-17-11)9-7-14-5-6-15-9;/h5-8H,1-4,13H2;1H. The second-order valence-corrected chi connectivity index (χ2v) is 5.35. The largest absolute Gasteiger partial charge is 0.319 e. The third-order valence-corrected chi connectivity index (χ3v) is 4.31. The summed E-state index contributed by atoms with van der Waals surface area (Å²) in [6, 6.07) is 0. The molecule has 4 nitrogen and oxygen atoms in total. The Morgan fingerprint density at radius 3 is 2.61 bits per heavy atom. The minimum Gasteiger partial charge on any atom is -0.319 e. The van der Waals surface area contributed by atoms with E-state index in [1.807, 2.05) is 5.38 Å². The number of halogens is 1. The van der Waals surface area contributed by atoms with Gasteiger partial charge in [-0.25, -0.2) is 4.98 Å². The maximum atomic E-state index is 6.38. The molecule has 0 atom stereocenters. The van der Waals surface area contributed by atoms with E-state index in [9.17, 15) is 0 Å². The Kier molecular flexibility index (Phi) is 3.94. The fraction of sp³-hybridized carbons (Fsp3) is 0.417. The van der Waals surface area contributed by atoms with Crippen molar-refractivity contribution in [3.05, 3.63) is 29.0 Å². The normalized spacial score (nSPS) is 17.4. The molecule has 1 saturated carbocycles. The Balaban J connectivity index is 0.00000120. The van der Waals surface area contributed by atoms with Crippen LogP contribution in [0.2, 0.25) is 0 Å². The van der Waals surface area contributed by atoms with Gasteiger partial charge in [0, 0.05) is 17.8 Å². The lowest BCUT2D eigenvalue weighted by atomic mass is 10.0. The quantitative estimate of drug-likeness (QED) is 0.920. The van der Waals surface area contributed by atoms with Gasteiger partial charge in [-0.1, -0.05) is 12.8 Å². The molecule has 1 aliphatic rings. The van der Waals surface area contributed by atoms with Crippen LogP contribution in [-0.4, -0.2) is 15.0 Å². The van der Waals surface area contributed by atoms with Gasteiger partial charge in [-0.15, -0.1) is 23.7 Å². The highest BCUT2D eigenvalue weighted by molar-refractivity contribution is 7.10. The van der Waals surface area contributed by atoms with E-state index in [1.165, 1.54) is 12.8 Å². The zero-order valence-corrected chi connectivity index (χ0v) is 11.5. The summed E-state index contributed by atoms with van der Waals surface area (Å²) in [5.41, 5.74) is 7.88. The molecule has 0 bridgehead atoms. The van der Waals surface area contributed by atoms with E-state index in [-0.39, 0.29) is 17.9 Å². The molecule has 0 spiro atoms. The van der Waals surface area contributed by atoms with Crippen LogP contribution in [-0.2, 0) is 5.54 Å². The second kappa shape index (κ2) is 5.30. The van der Waals surface area contributed by atoms with E-state index >= 15 is 0 Å². The van der Waals surface area contributed by atoms with Crippen molar-refractivity contribution >= 4 is 23.7 Å². The highest BCUT2D eigenvalue weighted by Crippen LogP contribution is 2.38. The molecule has 18 heavy (non-hydrogen) atoms. The first kappa shape index (κ1) is 13.4. The molecule has 1 aliphatic carbocycles. The van der Waals surface area contributed by atoms with Gasteiger partial charge in [-0.05, 0) is 12.8 Å². The van der Waals surface area contributed by atoms with Gasteiger partial charge in [0.25, 0.3) is 0 Å². The first-order chi connectivity index (χ1) is 8.28. The van der Waals surface area contributed by atoms with Crippen LogP contribution in [0.4, 0.5) is 0 Å². The number of hydrogen-bond donors (Lipinski definition) is 1. The number of rotatable bonds is 2. The van der Waals surface area contributed by atoms with E-state index < -0.39 is 0 Å². The Labute approximate surface area is 116 Å². The molecule has 0 radical (unpaired) electrons. The van der Waals surface area contributed by atoms with Crippen LogP contribution >= 0.6 is 23.7 Å². The van der Waals surface area contributed by atoms with E-state index in [0.29, 0.717) is 0 Å². The zero-order valence-electron chi connectivity index (χ0n) is 9.87. The molecular weight excluding hydrogens is 268 g/mol. The highest BCUT2D eigenvalue weighted by Gasteiger charge is 2.34. The van der Waals surface area contributed by atoms with Crippen molar-refractivity contribution in [2.75, 3.05) is 0 Å². The summed E-state index contributed by atoms with van der Waals surface area (Å²) >= 11 is 1.64. The summed E-state index contributed by atoms with van der Waals surface area (Å²) in [5.74, 6) is 0. The molecule has 0 amide bonds. The molecule has 0 aromatic carbocycles. The summed E-state index contributed by atoms with van der Waals surface area (Å²) in [6.45, 7) is 0. The van der Waals surface area contributed by atoms with Crippen molar-refractivity contribution in [2.24, 2.45) is 5.73 Å². The van der Waals surface area contributed by atoms with Gasteiger partial charge >= 0.3 is 0 Å². The van der Waals surface area contributed by atoms with Crippen LogP contribution in [0.3, 0.4) is 0 Å². The molecule has 6 heteroatoms. The third-order valence-electron chi connectivity index (χ3n) is 3.25. The molecule has 2 N–H and O–H groups in total.